The van der Waals surface area contributed by atoms with Crippen molar-refractivity contribution >= 4 is 41.0 Å². The molecule has 1 aliphatic rings. The molecule has 0 unspecified atom stereocenters. The summed E-state index contributed by atoms with van der Waals surface area (Å²) in [4.78, 5) is 7.07. The monoisotopic (exact) mass is 350 g/mol. The molecule has 0 N–H and O–H groups in total. The zero-order valence-corrected chi connectivity index (χ0v) is 15.3. The highest BCUT2D eigenvalue weighted by atomic mass is 35.5. The minimum absolute atomic E-state index is 0. The van der Waals surface area contributed by atoms with Crippen LogP contribution in [0.2, 0.25) is 0 Å². The van der Waals surface area contributed by atoms with E-state index in [1.54, 1.807) is 0 Å². The van der Waals surface area contributed by atoms with Crippen molar-refractivity contribution in [2.45, 2.75) is 19.8 Å². The second-order valence-electron chi connectivity index (χ2n) is 6.49. The number of fused-ring (bicyclic) bond motifs is 1. The first-order valence-electron chi connectivity index (χ1n) is 8.69. The Bertz CT molecular complexity index is 890. The summed E-state index contributed by atoms with van der Waals surface area (Å²) in [6.45, 7) is 4.48. The van der Waals surface area contributed by atoms with Gasteiger partial charge in [0.1, 0.15) is 0 Å². The van der Waals surface area contributed by atoms with E-state index in [0.29, 0.717) is 0 Å². The molecule has 2 nitrogen and oxygen atoms in total. The van der Waals surface area contributed by atoms with Gasteiger partial charge in [0.25, 0.3) is 0 Å². The van der Waals surface area contributed by atoms with Gasteiger partial charge in [-0.25, -0.2) is 0 Å². The molecule has 0 atom stereocenters. The minimum Gasteiger partial charge on any atom is -0.371 e. The molecule has 4 rings (SSSR count). The predicted octanol–water partition coefficient (Wildman–Crippen LogP) is 5.74. The molecule has 1 saturated heterocycles. The Morgan fingerprint density at radius 3 is 2.56 bits per heavy atom. The van der Waals surface area contributed by atoms with Gasteiger partial charge in [0.15, 0.2) is 0 Å². The van der Waals surface area contributed by atoms with Gasteiger partial charge >= 0.3 is 0 Å². The van der Waals surface area contributed by atoms with Crippen LogP contribution in [0.25, 0.3) is 22.9 Å². The molecule has 2 heterocycles. The standard InChI is InChI=1S/C22H22N2.ClH/c1-17-16-23-20(15-22(17)24-13-4-5-14-24)12-11-19-9-6-8-18-7-2-3-10-21(18)19;/h2-3,6-12,15-16H,4-5,13-14H2,1H3;1H. The number of anilines is 1. The van der Waals surface area contributed by atoms with Crippen molar-refractivity contribution in [3.63, 3.8) is 0 Å². The lowest BCUT2D eigenvalue weighted by Crippen LogP contribution is -2.18. The maximum absolute atomic E-state index is 4.59. The Labute approximate surface area is 155 Å². The van der Waals surface area contributed by atoms with E-state index >= 15 is 0 Å². The predicted molar refractivity (Wildman–Crippen MR) is 111 cm³/mol. The third-order valence-electron chi connectivity index (χ3n) is 4.80. The van der Waals surface area contributed by atoms with Gasteiger partial charge in [0.05, 0.1) is 5.69 Å². The van der Waals surface area contributed by atoms with Crippen molar-refractivity contribution in [1.29, 1.82) is 0 Å². The van der Waals surface area contributed by atoms with Gasteiger partial charge < -0.3 is 4.90 Å². The Morgan fingerprint density at radius 1 is 0.960 bits per heavy atom. The molecule has 1 aliphatic heterocycles. The molecule has 2 aromatic carbocycles. The molecule has 0 aliphatic carbocycles. The normalized spacial score (nSPS) is 14.2. The van der Waals surface area contributed by atoms with E-state index < -0.39 is 0 Å². The lowest BCUT2D eigenvalue weighted by atomic mass is 10.0. The zero-order valence-electron chi connectivity index (χ0n) is 14.5. The fourth-order valence-electron chi connectivity index (χ4n) is 3.49. The number of benzene rings is 2. The van der Waals surface area contributed by atoms with E-state index in [0.717, 1.165) is 18.8 Å². The first kappa shape index (κ1) is 17.5. The third-order valence-corrected chi connectivity index (χ3v) is 4.80. The molecule has 0 bridgehead atoms. The van der Waals surface area contributed by atoms with E-state index in [1.165, 1.54) is 40.4 Å². The van der Waals surface area contributed by atoms with E-state index in [1.807, 2.05) is 6.20 Å². The van der Waals surface area contributed by atoms with Gasteiger partial charge in [-0.05, 0) is 53.8 Å². The molecule has 1 fully saturated rings. The summed E-state index contributed by atoms with van der Waals surface area (Å²) >= 11 is 0. The van der Waals surface area contributed by atoms with Crippen LogP contribution < -0.4 is 4.90 Å². The molecular weight excluding hydrogens is 328 g/mol. The summed E-state index contributed by atoms with van der Waals surface area (Å²) in [5.41, 5.74) is 4.85. The lowest BCUT2D eigenvalue weighted by molar-refractivity contribution is 0.949. The summed E-state index contributed by atoms with van der Waals surface area (Å²) in [6, 6.07) is 17.2. The average Bonchev–Trinajstić information content (AvgIpc) is 3.15. The van der Waals surface area contributed by atoms with Crippen molar-refractivity contribution in [3.05, 3.63) is 71.5 Å². The minimum atomic E-state index is 0. The number of nitrogens with zero attached hydrogens (tertiary/aromatic N) is 2. The molecular formula is C22H23ClN2. The Balaban J connectivity index is 0.00000182. The second-order valence-corrected chi connectivity index (χ2v) is 6.49. The van der Waals surface area contributed by atoms with Crippen LogP contribution in [0.15, 0.2) is 54.7 Å². The number of hydrogen-bond donors (Lipinski definition) is 0. The molecule has 0 radical (unpaired) electrons. The molecule has 3 heteroatoms. The Morgan fingerprint density at radius 2 is 1.72 bits per heavy atom. The van der Waals surface area contributed by atoms with Crippen LogP contribution in [0.5, 0.6) is 0 Å². The summed E-state index contributed by atoms with van der Waals surface area (Å²) < 4.78 is 0. The van der Waals surface area contributed by atoms with Crippen LogP contribution in [-0.2, 0) is 0 Å². The van der Waals surface area contributed by atoms with Crippen LogP contribution in [0.4, 0.5) is 5.69 Å². The lowest BCUT2D eigenvalue weighted by Gasteiger charge is -2.20. The number of aromatic nitrogens is 1. The highest BCUT2D eigenvalue weighted by Gasteiger charge is 2.14. The Hall–Kier alpha value is -2.32. The smallest absolute Gasteiger partial charge is 0.0650 e. The van der Waals surface area contributed by atoms with Crippen LogP contribution >= 0.6 is 12.4 Å². The number of aryl methyl sites for hydroxylation is 1. The largest absolute Gasteiger partial charge is 0.371 e. The van der Waals surface area contributed by atoms with Gasteiger partial charge in [0.2, 0.25) is 0 Å². The molecule has 0 spiro atoms. The SMILES string of the molecule is Cc1cnc(C=Cc2cccc3ccccc23)cc1N1CCCC1.Cl. The average molecular weight is 351 g/mol. The maximum atomic E-state index is 4.59. The molecule has 3 aromatic rings. The van der Waals surface area contributed by atoms with Crippen molar-refractivity contribution in [2.75, 3.05) is 18.0 Å². The Kier molecular flexibility index (Phi) is 5.40. The van der Waals surface area contributed by atoms with Gasteiger partial charge in [-0.1, -0.05) is 48.5 Å². The summed E-state index contributed by atoms with van der Waals surface area (Å²) in [6.07, 6.45) is 8.89. The molecule has 0 saturated carbocycles. The topological polar surface area (TPSA) is 16.1 Å². The van der Waals surface area contributed by atoms with E-state index in [2.05, 4.69) is 77.5 Å². The van der Waals surface area contributed by atoms with Gasteiger partial charge in [-0.3, -0.25) is 4.98 Å². The summed E-state index contributed by atoms with van der Waals surface area (Å²) in [5.74, 6) is 0. The number of halogens is 1. The van der Waals surface area contributed by atoms with Crippen LogP contribution in [0, 0.1) is 6.92 Å². The molecule has 0 amide bonds. The quantitative estimate of drug-likeness (QED) is 0.599. The fourth-order valence-corrected chi connectivity index (χ4v) is 3.49. The van der Waals surface area contributed by atoms with Gasteiger partial charge in [-0.2, -0.15) is 0 Å². The third kappa shape index (κ3) is 3.69. The first-order chi connectivity index (χ1) is 11.8. The van der Waals surface area contributed by atoms with Crippen molar-refractivity contribution in [2.24, 2.45) is 0 Å². The number of rotatable bonds is 3. The van der Waals surface area contributed by atoms with Crippen LogP contribution in [0.1, 0.15) is 29.7 Å². The van der Waals surface area contributed by atoms with E-state index in [-0.39, 0.29) is 12.4 Å². The van der Waals surface area contributed by atoms with Gasteiger partial charge in [-0.15, -0.1) is 12.4 Å². The van der Waals surface area contributed by atoms with Crippen molar-refractivity contribution in [3.8, 4) is 0 Å². The first-order valence-corrected chi connectivity index (χ1v) is 8.69. The van der Waals surface area contributed by atoms with Crippen molar-refractivity contribution < 1.29 is 0 Å². The summed E-state index contributed by atoms with van der Waals surface area (Å²) in [5, 5.41) is 2.55. The fraction of sp³-hybridized carbons (Fsp3) is 0.227. The zero-order chi connectivity index (χ0) is 16.4. The highest BCUT2D eigenvalue weighted by molar-refractivity contribution is 5.92. The second kappa shape index (κ2) is 7.71. The number of pyridine rings is 1. The molecule has 1 aromatic heterocycles. The molecule has 25 heavy (non-hydrogen) atoms. The van der Waals surface area contributed by atoms with E-state index in [9.17, 15) is 0 Å². The highest BCUT2D eigenvalue weighted by Crippen LogP contribution is 2.25. The van der Waals surface area contributed by atoms with Crippen molar-refractivity contribution in [1.82, 2.24) is 4.98 Å². The van der Waals surface area contributed by atoms with Gasteiger partial charge in [0, 0.05) is 25.0 Å². The van der Waals surface area contributed by atoms with Crippen LogP contribution in [0.3, 0.4) is 0 Å². The summed E-state index contributed by atoms with van der Waals surface area (Å²) in [7, 11) is 0. The number of hydrogen-bond acceptors (Lipinski definition) is 2. The molecule has 128 valence electrons. The van der Waals surface area contributed by atoms with Crippen LogP contribution in [-0.4, -0.2) is 18.1 Å². The maximum Gasteiger partial charge on any atom is 0.0650 e. The van der Waals surface area contributed by atoms with E-state index in [4.69, 9.17) is 0 Å².